The highest BCUT2D eigenvalue weighted by Gasteiger charge is 2.44. The molecule has 1 heteroatoms. The van der Waals surface area contributed by atoms with Crippen molar-refractivity contribution in [3.05, 3.63) is 12.2 Å². The van der Waals surface area contributed by atoms with Crippen molar-refractivity contribution >= 4 is 0 Å². The molecule has 62 valence electrons. The summed E-state index contributed by atoms with van der Waals surface area (Å²) in [5, 5.41) is 0. The zero-order valence-electron chi connectivity index (χ0n) is 7.39. The van der Waals surface area contributed by atoms with Crippen LogP contribution in [-0.2, 0) is 4.74 Å². The first kappa shape index (κ1) is 7.35. The molecular weight excluding hydrogens is 136 g/mol. The lowest BCUT2D eigenvalue weighted by Crippen LogP contribution is -2.26. The Morgan fingerprint density at radius 2 is 2.27 bits per heavy atom. The molecular formula is C10H16O. The fraction of sp³-hybridized carbons (Fsp3) is 0.800. The Morgan fingerprint density at radius 1 is 1.55 bits per heavy atom. The number of ether oxygens (including phenoxy) is 1. The Bertz CT molecular complexity index is 193. The summed E-state index contributed by atoms with van der Waals surface area (Å²) < 4.78 is 5.89. The molecule has 1 heterocycles. The minimum atomic E-state index is 0.115. The molecule has 1 aliphatic heterocycles. The predicted molar refractivity (Wildman–Crippen MR) is 45.4 cm³/mol. The Hall–Kier alpha value is -0.300. The maximum Gasteiger partial charge on any atom is 0.0793 e. The van der Waals surface area contributed by atoms with Crippen LogP contribution in [0.25, 0.3) is 0 Å². The summed E-state index contributed by atoms with van der Waals surface area (Å²) in [6.45, 7) is 8.44. The maximum absolute atomic E-state index is 5.89. The summed E-state index contributed by atoms with van der Waals surface area (Å²) in [6, 6.07) is 0. The molecule has 2 atom stereocenters. The smallest absolute Gasteiger partial charge is 0.0793 e. The van der Waals surface area contributed by atoms with Crippen molar-refractivity contribution in [2.75, 3.05) is 0 Å². The van der Waals surface area contributed by atoms with Gasteiger partial charge in [0.15, 0.2) is 0 Å². The third-order valence-electron chi connectivity index (χ3n) is 3.20. The van der Waals surface area contributed by atoms with Crippen molar-refractivity contribution in [2.45, 2.75) is 44.8 Å². The van der Waals surface area contributed by atoms with Crippen molar-refractivity contribution < 1.29 is 4.74 Å². The average Bonchev–Trinajstić information content (AvgIpc) is 2.16. The molecule has 0 N–H and O–H groups in total. The van der Waals surface area contributed by atoms with Crippen LogP contribution in [0.4, 0.5) is 0 Å². The second-order valence-corrected chi connectivity index (χ2v) is 4.34. The van der Waals surface area contributed by atoms with Crippen LogP contribution in [0, 0.1) is 5.92 Å². The Morgan fingerprint density at radius 3 is 2.91 bits per heavy atom. The van der Waals surface area contributed by atoms with Crippen LogP contribution in [0.15, 0.2) is 12.2 Å². The van der Waals surface area contributed by atoms with Crippen molar-refractivity contribution in [1.29, 1.82) is 0 Å². The van der Waals surface area contributed by atoms with Gasteiger partial charge in [0, 0.05) is 0 Å². The van der Waals surface area contributed by atoms with E-state index in [0.717, 1.165) is 5.92 Å². The zero-order chi connectivity index (χ0) is 8.06. The number of fused-ring (bicyclic) bond motifs is 2. The van der Waals surface area contributed by atoms with Crippen LogP contribution in [0.3, 0.4) is 0 Å². The molecule has 2 rings (SSSR count). The lowest BCUT2D eigenvalue weighted by molar-refractivity contribution is -0.0112. The molecule has 0 amide bonds. The van der Waals surface area contributed by atoms with Gasteiger partial charge < -0.3 is 4.74 Å². The average molecular weight is 152 g/mol. The molecule has 0 unspecified atom stereocenters. The Kier molecular flexibility index (Phi) is 1.40. The summed E-state index contributed by atoms with van der Waals surface area (Å²) in [4.78, 5) is 0. The van der Waals surface area contributed by atoms with Crippen LogP contribution >= 0.6 is 0 Å². The third kappa shape index (κ3) is 1.02. The molecule has 2 fully saturated rings. The van der Waals surface area contributed by atoms with Gasteiger partial charge in [0.2, 0.25) is 0 Å². The van der Waals surface area contributed by atoms with E-state index in [1.54, 1.807) is 0 Å². The Balaban J connectivity index is 2.22. The normalized spacial score (nSPS) is 41.1. The quantitative estimate of drug-likeness (QED) is 0.485. The van der Waals surface area contributed by atoms with Crippen molar-refractivity contribution in [2.24, 2.45) is 5.92 Å². The van der Waals surface area contributed by atoms with Crippen LogP contribution in [0.2, 0.25) is 0 Å². The van der Waals surface area contributed by atoms with E-state index in [1.165, 1.54) is 24.8 Å². The molecule has 0 spiro atoms. The first-order valence-corrected chi connectivity index (χ1v) is 4.45. The molecule has 2 bridgehead atoms. The molecule has 0 aromatic heterocycles. The molecule has 1 nitrogen and oxygen atoms in total. The summed E-state index contributed by atoms with van der Waals surface area (Å²) in [5.41, 5.74) is 1.43. The van der Waals surface area contributed by atoms with Gasteiger partial charge in [-0.3, -0.25) is 0 Å². The fourth-order valence-corrected chi connectivity index (χ4v) is 2.29. The largest absolute Gasteiger partial charge is 0.368 e. The SMILES string of the molecule is C=C1CC[C@H]2C[C@@H]1OC2(C)C. The van der Waals surface area contributed by atoms with Crippen LogP contribution < -0.4 is 0 Å². The number of hydrogen-bond donors (Lipinski definition) is 0. The van der Waals surface area contributed by atoms with Gasteiger partial charge in [-0.25, -0.2) is 0 Å². The summed E-state index contributed by atoms with van der Waals surface area (Å²) in [5.74, 6) is 0.776. The summed E-state index contributed by atoms with van der Waals surface area (Å²) in [7, 11) is 0. The van der Waals surface area contributed by atoms with Crippen LogP contribution in [0.5, 0.6) is 0 Å². The molecule has 1 saturated heterocycles. The van der Waals surface area contributed by atoms with Gasteiger partial charge in [0.05, 0.1) is 11.7 Å². The monoisotopic (exact) mass is 152 g/mol. The van der Waals surface area contributed by atoms with Gasteiger partial charge in [0.25, 0.3) is 0 Å². The topological polar surface area (TPSA) is 9.23 Å². The van der Waals surface area contributed by atoms with Crippen LogP contribution in [0.1, 0.15) is 33.1 Å². The fourth-order valence-electron chi connectivity index (χ4n) is 2.29. The van der Waals surface area contributed by atoms with Gasteiger partial charge in [-0.2, -0.15) is 0 Å². The lowest BCUT2D eigenvalue weighted by Gasteiger charge is -2.24. The number of hydrogen-bond acceptors (Lipinski definition) is 1. The van der Waals surface area contributed by atoms with Crippen molar-refractivity contribution in [1.82, 2.24) is 0 Å². The van der Waals surface area contributed by atoms with Gasteiger partial charge >= 0.3 is 0 Å². The van der Waals surface area contributed by atoms with Gasteiger partial charge in [-0.15, -0.1) is 0 Å². The molecule has 2 aliphatic rings. The predicted octanol–water partition coefficient (Wildman–Crippen LogP) is 2.52. The zero-order valence-corrected chi connectivity index (χ0v) is 7.39. The van der Waals surface area contributed by atoms with E-state index in [0.29, 0.717) is 6.10 Å². The highest BCUT2D eigenvalue weighted by molar-refractivity contribution is 5.13. The van der Waals surface area contributed by atoms with E-state index >= 15 is 0 Å². The molecule has 0 aromatic carbocycles. The first-order valence-electron chi connectivity index (χ1n) is 4.45. The highest BCUT2D eigenvalue weighted by Crippen LogP contribution is 2.45. The number of rotatable bonds is 0. The first-order chi connectivity index (χ1) is 5.09. The van der Waals surface area contributed by atoms with Crippen LogP contribution in [-0.4, -0.2) is 11.7 Å². The van der Waals surface area contributed by atoms with E-state index in [2.05, 4.69) is 20.4 Å². The van der Waals surface area contributed by atoms with Gasteiger partial charge in [-0.05, 0) is 44.6 Å². The van der Waals surface area contributed by atoms with E-state index in [-0.39, 0.29) is 5.60 Å². The highest BCUT2D eigenvalue weighted by atomic mass is 16.5. The lowest BCUT2D eigenvalue weighted by atomic mass is 9.80. The molecule has 0 radical (unpaired) electrons. The second kappa shape index (κ2) is 2.10. The maximum atomic E-state index is 5.89. The summed E-state index contributed by atoms with van der Waals surface area (Å²) in [6.07, 6.45) is 4.05. The summed E-state index contributed by atoms with van der Waals surface area (Å²) >= 11 is 0. The molecule has 1 saturated carbocycles. The molecule has 0 aromatic rings. The van der Waals surface area contributed by atoms with E-state index < -0.39 is 0 Å². The molecule has 11 heavy (non-hydrogen) atoms. The molecule has 1 aliphatic carbocycles. The standard InChI is InChI=1S/C10H16O/c1-7-4-5-8-6-9(7)11-10(8,2)3/h8-9H,1,4-6H2,2-3H3/t8-,9-/m0/s1. The minimum Gasteiger partial charge on any atom is -0.368 e. The van der Waals surface area contributed by atoms with Gasteiger partial charge in [0.1, 0.15) is 0 Å². The van der Waals surface area contributed by atoms with E-state index in [1.807, 2.05) is 0 Å². The van der Waals surface area contributed by atoms with E-state index in [9.17, 15) is 0 Å². The van der Waals surface area contributed by atoms with Crippen molar-refractivity contribution in [3.8, 4) is 0 Å². The third-order valence-corrected chi connectivity index (χ3v) is 3.20. The Labute approximate surface area is 68.4 Å². The van der Waals surface area contributed by atoms with Crippen molar-refractivity contribution in [3.63, 3.8) is 0 Å². The van der Waals surface area contributed by atoms with Gasteiger partial charge in [-0.1, -0.05) is 6.58 Å². The minimum absolute atomic E-state index is 0.115. The second-order valence-electron chi connectivity index (χ2n) is 4.34. The van der Waals surface area contributed by atoms with E-state index in [4.69, 9.17) is 4.74 Å².